The van der Waals surface area contributed by atoms with E-state index in [1.54, 1.807) is 19.1 Å². The van der Waals surface area contributed by atoms with Crippen LogP contribution in [0.1, 0.15) is 71.1 Å². The number of ether oxygens (including phenoxy) is 1. The summed E-state index contributed by atoms with van der Waals surface area (Å²) >= 11 is 0. The first-order chi connectivity index (χ1) is 10.4. The molecule has 4 nitrogen and oxygen atoms in total. The number of carbonyl (C=O) groups is 1. The number of hydrogen-bond donors (Lipinski definition) is 1. The van der Waals surface area contributed by atoms with Crippen LogP contribution in [-0.2, 0) is 20.4 Å². The first-order valence-electron chi connectivity index (χ1n) is 7.87. The van der Waals surface area contributed by atoms with Crippen LogP contribution >= 0.6 is 0 Å². The van der Waals surface area contributed by atoms with Gasteiger partial charge >= 0.3 is 5.97 Å². The summed E-state index contributed by atoms with van der Waals surface area (Å²) in [7, 11) is 0. The fraction of sp³-hybridized carbons (Fsp3) is 0.579. The van der Waals surface area contributed by atoms with Crippen molar-refractivity contribution < 1.29 is 14.6 Å². The summed E-state index contributed by atoms with van der Waals surface area (Å²) in [5, 5.41) is 20.1. The molecule has 0 aromatic heterocycles. The van der Waals surface area contributed by atoms with Crippen molar-refractivity contribution >= 4 is 5.97 Å². The van der Waals surface area contributed by atoms with E-state index in [0.29, 0.717) is 5.56 Å². The van der Waals surface area contributed by atoms with Gasteiger partial charge in [0.1, 0.15) is 5.75 Å². The normalized spacial score (nSPS) is 13.3. The van der Waals surface area contributed by atoms with E-state index in [1.165, 1.54) is 0 Å². The lowest BCUT2D eigenvalue weighted by Crippen LogP contribution is -2.20. The molecule has 0 aliphatic heterocycles. The fourth-order valence-corrected chi connectivity index (χ4v) is 2.46. The van der Waals surface area contributed by atoms with Crippen LogP contribution < -0.4 is 0 Å². The van der Waals surface area contributed by atoms with Crippen molar-refractivity contribution in [2.45, 2.75) is 65.2 Å². The van der Waals surface area contributed by atoms with Crippen molar-refractivity contribution in [3.8, 4) is 11.8 Å². The molecule has 1 aromatic carbocycles. The Morgan fingerprint density at radius 2 is 1.61 bits per heavy atom. The van der Waals surface area contributed by atoms with E-state index in [2.05, 4.69) is 0 Å². The molecule has 0 heterocycles. The van der Waals surface area contributed by atoms with Crippen LogP contribution in [0.5, 0.6) is 5.75 Å². The summed E-state index contributed by atoms with van der Waals surface area (Å²) in [5.41, 5.74) is 1.40. The molecule has 0 radical (unpaired) electrons. The fourth-order valence-electron chi connectivity index (χ4n) is 2.46. The van der Waals surface area contributed by atoms with Crippen molar-refractivity contribution in [2.75, 3.05) is 6.61 Å². The SMILES string of the molecule is CCOC(=O)C(C#N)c1cc(C(C)(C)C)c(O)c(C(C)(C)C)c1. The van der Waals surface area contributed by atoms with E-state index in [9.17, 15) is 15.2 Å². The molecular formula is C19H27NO3. The molecule has 1 unspecified atom stereocenters. The summed E-state index contributed by atoms with van der Waals surface area (Å²) in [5.74, 6) is -1.31. The second-order valence-corrected chi connectivity index (χ2v) is 7.78. The molecule has 1 aromatic rings. The van der Waals surface area contributed by atoms with Crippen molar-refractivity contribution in [1.29, 1.82) is 5.26 Å². The third-order valence-electron chi connectivity index (χ3n) is 3.73. The molecular weight excluding hydrogens is 290 g/mol. The number of aromatic hydroxyl groups is 1. The monoisotopic (exact) mass is 317 g/mol. The molecule has 0 amide bonds. The Kier molecular flexibility index (Phi) is 5.47. The van der Waals surface area contributed by atoms with Crippen LogP contribution in [0.2, 0.25) is 0 Å². The van der Waals surface area contributed by atoms with Crippen LogP contribution in [0.25, 0.3) is 0 Å². The average Bonchev–Trinajstić information content (AvgIpc) is 2.38. The van der Waals surface area contributed by atoms with Crippen molar-refractivity contribution in [3.05, 3.63) is 28.8 Å². The average molecular weight is 317 g/mol. The lowest BCUT2D eigenvalue weighted by Gasteiger charge is -2.28. The zero-order valence-corrected chi connectivity index (χ0v) is 15.2. The van der Waals surface area contributed by atoms with Gasteiger partial charge in [-0.3, -0.25) is 4.79 Å². The number of carbonyl (C=O) groups excluding carboxylic acids is 1. The number of phenols is 1. The first kappa shape index (κ1) is 19.0. The van der Waals surface area contributed by atoms with Gasteiger partial charge in [-0.2, -0.15) is 5.26 Å². The van der Waals surface area contributed by atoms with Gasteiger partial charge in [0.2, 0.25) is 0 Å². The number of nitriles is 1. The molecule has 0 aliphatic rings. The number of phenolic OH excluding ortho intramolecular Hbond substituents is 1. The summed E-state index contributed by atoms with van der Waals surface area (Å²) < 4.78 is 5.01. The Morgan fingerprint density at radius 1 is 1.17 bits per heavy atom. The molecule has 0 aliphatic carbocycles. The maximum absolute atomic E-state index is 12.1. The van der Waals surface area contributed by atoms with Crippen molar-refractivity contribution in [3.63, 3.8) is 0 Å². The molecule has 0 saturated carbocycles. The number of hydrogen-bond acceptors (Lipinski definition) is 4. The van der Waals surface area contributed by atoms with Gasteiger partial charge in [-0.05, 0) is 46.6 Å². The molecule has 4 heteroatoms. The van der Waals surface area contributed by atoms with Crippen LogP contribution in [-0.4, -0.2) is 17.7 Å². The van der Waals surface area contributed by atoms with Crippen LogP contribution in [0.3, 0.4) is 0 Å². The number of rotatable bonds is 3. The summed E-state index contributed by atoms with van der Waals surface area (Å²) in [4.78, 5) is 12.1. The maximum atomic E-state index is 12.1. The standard InChI is InChI=1S/C19H27NO3/c1-8-23-17(22)13(11-20)12-9-14(18(2,3)4)16(21)15(10-12)19(5,6)7/h9-10,13,21H,8H2,1-7H3. The zero-order valence-electron chi connectivity index (χ0n) is 15.2. The zero-order chi connectivity index (χ0) is 18.0. The Morgan fingerprint density at radius 3 is 1.91 bits per heavy atom. The van der Waals surface area contributed by atoms with E-state index < -0.39 is 11.9 Å². The van der Waals surface area contributed by atoms with Gasteiger partial charge in [-0.15, -0.1) is 0 Å². The topological polar surface area (TPSA) is 70.3 Å². The molecule has 0 fully saturated rings. The van der Waals surface area contributed by atoms with E-state index in [1.807, 2.05) is 47.6 Å². The Balaban J connectivity index is 3.62. The van der Waals surface area contributed by atoms with Crippen molar-refractivity contribution in [2.24, 2.45) is 0 Å². The Labute approximate surface area is 139 Å². The molecule has 126 valence electrons. The highest BCUT2D eigenvalue weighted by Crippen LogP contribution is 2.41. The molecule has 1 atom stereocenters. The van der Waals surface area contributed by atoms with Gasteiger partial charge < -0.3 is 9.84 Å². The summed E-state index contributed by atoms with van der Waals surface area (Å²) in [6.07, 6.45) is 0. The maximum Gasteiger partial charge on any atom is 0.327 e. The van der Waals surface area contributed by atoms with E-state index in [4.69, 9.17) is 4.74 Å². The van der Waals surface area contributed by atoms with Crippen LogP contribution in [0, 0.1) is 11.3 Å². The third-order valence-corrected chi connectivity index (χ3v) is 3.73. The lowest BCUT2D eigenvalue weighted by atomic mass is 9.77. The predicted octanol–water partition coefficient (Wildman–Crippen LogP) is 4.16. The predicted molar refractivity (Wildman–Crippen MR) is 90.5 cm³/mol. The third kappa shape index (κ3) is 4.25. The largest absolute Gasteiger partial charge is 0.507 e. The summed E-state index contributed by atoms with van der Waals surface area (Å²) in [6.45, 7) is 13.9. The minimum Gasteiger partial charge on any atom is -0.507 e. The van der Waals surface area contributed by atoms with E-state index in [0.717, 1.165) is 11.1 Å². The van der Waals surface area contributed by atoms with Gasteiger partial charge in [0.15, 0.2) is 5.92 Å². The minimum absolute atomic E-state index is 0.230. The highest BCUT2D eigenvalue weighted by molar-refractivity contribution is 5.81. The number of nitrogens with zero attached hydrogens (tertiary/aromatic N) is 1. The quantitative estimate of drug-likeness (QED) is 0.850. The first-order valence-corrected chi connectivity index (χ1v) is 7.87. The van der Waals surface area contributed by atoms with E-state index >= 15 is 0 Å². The van der Waals surface area contributed by atoms with Crippen molar-refractivity contribution in [1.82, 2.24) is 0 Å². The van der Waals surface area contributed by atoms with Crippen LogP contribution in [0.4, 0.5) is 0 Å². The lowest BCUT2D eigenvalue weighted by molar-refractivity contribution is -0.143. The van der Waals surface area contributed by atoms with Gasteiger partial charge in [-0.25, -0.2) is 0 Å². The smallest absolute Gasteiger partial charge is 0.327 e. The Hall–Kier alpha value is -2.02. The molecule has 1 N–H and O–H groups in total. The second kappa shape index (κ2) is 6.62. The molecule has 0 spiro atoms. The number of esters is 1. The van der Waals surface area contributed by atoms with Crippen LogP contribution in [0.15, 0.2) is 12.1 Å². The van der Waals surface area contributed by atoms with E-state index in [-0.39, 0.29) is 23.2 Å². The van der Waals surface area contributed by atoms with Gasteiger partial charge in [0.25, 0.3) is 0 Å². The number of benzene rings is 1. The molecule has 0 bridgehead atoms. The molecule has 23 heavy (non-hydrogen) atoms. The molecule has 1 rings (SSSR count). The second-order valence-electron chi connectivity index (χ2n) is 7.78. The Bertz CT molecular complexity index is 592. The summed E-state index contributed by atoms with van der Waals surface area (Å²) in [6, 6.07) is 5.51. The van der Waals surface area contributed by atoms with Gasteiger partial charge in [0.05, 0.1) is 12.7 Å². The highest BCUT2D eigenvalue weighted by atomic mass is 16.5. The minimum atomic E-state index is -0.988. The van der Waals surface area contributed by atoms with Gasteiger partial charge in [-0.1, -0.05) is 41.5 Å². The molecule has 0 saturated heterocycles. The van der Waals surface area contributed by atoms with Gasteiger partial charge in [0, 0.05) is 0 Å². The highest BCUT2D eigenvalue weighted by Gasteiger charge is 2.30.